The number of nitrogen functional groups attached to an aromatic ring is 1. The van der Waals surface area contributed by atoms with Gasteiger partial charge in [-0.25, -0.2) is 4.98 Å². The first kappa shape index (κ1) is 12.6. The highest BCUT2D eigenvalue weighted by Gasteiger charge is 2.15. The van der Waals surface area contributed by atoms with Gasteiger partial charge < -0.3 is 16.4 Å². The van der Waals surface area contributed by atoms with Crippen LogP contribution < -0.4 is 16.4 Å². The van der Waals surface area contributed by atoms with E-state index >= 15 is 0 Å². The van der Waals surface area contributed by atoms with Gasteiger partial charge in [0, 0.05) is 12.6 Å². The normalized spacial score (nSPS) is 16.4. The zero-order chi connectivity index (χ0) is 13.0. The van der Waals surface area contributed by atoms with Crippen molar-refractivity contribution < 1.29 is 4.92 Å². The predicted octanol–water partition coefficient (Wildman–Crippen LogP) is 0.983. The van der Waals surface area contributed by atoms with Crippen molar-refractivity contribution in [2.24, 2.45) is 5.92 Å². The van der Waals surface area contributed by atoms with Crippen LogP contribution in [0.15, 0.2) is 12.1 Å². The summed E-state index contributed by atoms with van der Waals surface area (Å²) < 4.78 is 0. The standard InChI is InChI=1S/C11H17N5O2/c12-11-9(16(17)18)1-2-10(15-11)14-7-8-3-5-13-6-4-8/h1-2,8,13H,3-7H2,(H3,12,14,15). The van der Waals surface area contributed by atoms with E-state index in [2.05, 4.69) is 15.6 Å². The fraction of sp³-hybridized carbons (Fsp3) is 0.545. The van der Waals surface area contributed by atoms with Gasteiger partial charge in [0.1, 0.15) is 5.82 Å². The summed E-state index contributed by atoms with van der Waals surface area (Å²) >= 11 is 0. The minimum Gasteiger partial charge on any atom is -0.378 e. The van der Waals surface area contributed by atoms with Crippen LogP contribution in [-0.2, 0) is 0 Å². The van der Waals surface area contributed by atoms with Gasteiger partial charge in [-0.15, -0.1) is 0 Å². The van der Waals surface area contributed by atoms with Crippen LogP contribution in [0.4, 0.5) is 17.3 Å². The fourth-order valence-electron chi connectivity index (χ4n) is 2.06. The van der Waals surface area contributed by atoms with Gasteiger partial charge in [0.25, 0.3) is 0 Å². The Morgan fingerprint density at radius 3 is 2.83 bits per heavy atom. The fourth-order valence-corrected chi connectivity index (χ4v) is 2.06. The zero-order valence-electron chi connectivity index (χ0n) is 10.1. The van der Waals surface area contributed by atoms with Gasteiger partial charge in [0.05, 0.1) is 4.92 Å². The number of pyridine rings is 1. The van der Waals surface area contributed by atoms with Crippen molar-refractivity contribution in [2.75, 3.05) is 30.7 Å². The molecule has 2 rings (SSSR count). The second-order valence-electron chi connectivity index (χ2n) is 4.43. The molecule has 4 N–H and O–H groups in total. The lowest BCUT2D eigenvalue weighted by molar-refractivity contribution is -0.384. The Hall–Kier alpha value is -1.89. The second kappa shape index (κ2) is 5.63. The van der Waals surface area contributed by atoms with Crippen LogP contribution in [0.25, 0.3) is 0 Å². The Balaban J connectivity index is 1.93. The molecule has 0 radical (unpaired) electrons. The number of hydrogen-bond acceptors (Lipinski definition) is 6. The van der Waals surface area contributed by atoms with Crippen molar-refractivity contribution in [1.82, 2.24) is 10.3 Å². The summed E-state index contributed by atoms with van der Waals surface area (Å²) in [7, 11) is 0. The topological polar surface area (TPSA) is 106 Å². The zero-order valence-corrected chi connectivity index (χ0v) is 10.1. The van der Waals surface area contributed by atoms with Crippen molar-refractivity contribution in [3.8, 4) is 0 Å². The Morgan fingerprint density at radius 1 is 1.50 bits per heavy atom. The van der Waals surface area contributed by atoms with Crippen molar-refractivity contribution in [3.63, 3.8) is 0 Å². The monoisotopic (exact) mass is 251 g/mol. The number of nitrogens with two attached hydrogens (primary N) is 1. The SMILES string of the molecule is Nc1nc(NCC2CCNCC2)ccc1[N+](=O)[O-]. The van der Waals surface area contributed by atoms with Crippen LogP contribution >= 0.6 is 0 Å². The highest BCUT2D eigenvalue weighted by Crippen LogP contribution is 2.21. The molecule has 1 aliphatic heterocycles. The maximum absolute atomic E-state index is 10.6. The van der Waals surface area contributed by atoms with E-state index in [1.165, 1.54) is 6.07 Å². The number of nitrogens with zero attached hydrogens (tertiary/aromatic N) is 2. The van der Waals surface area contributed by atoms with Crippen molar-refractivity contribution in [3.05, 3.63) is 22.2 Å². The summed E-state index contributed by atoms with van der Waals surface area (Å²) in [6.45, 7) is 2.91. The van der Waals surface area contributed by atoms with Crippen molar-refractivity contribution in [2.45, 2.75) is 12.8 Å². The predicted molar refractivity (Wildman–Crippen MR) is 69.4 cm³/mol. The van der Waals surface area contributed by atoms with Crippen LogP contribution in [0, 0.1) is 16.0 Å². The molecule has 0 aliphatic carbocycles. The third kappa shape index (κ3) is 3.07. The molecule has 0 saturated carbocycles. The second-order valence-corrected chi connectivity index (χ2v) is 4.43. The van der Waals surface area contributed by atoms with Gasteiger partial charge in [-0.2, -0.15) is 0 Å². The summed E-state index contributed by atoms with van der Waals surface area (Å²) in [5.41, 5.74) is 5.38. The molecule has 0 bridgehead atoms. The van der Waals surface area contributed by atoms with E-state index in [4.69, 9.17) is 5.73 Å². The largest absolute Gasteiger partial charge is 0.378 e. The van der Waals surface area contributed by atoms with E-state index in [1.54, 1.807) is 6.07 Å². The molecule has 7 nitrogen and oxygen atoms in total. The summed E-state index contributed by atoms with van der Waals surface area (Å²) in [6.07, 6.45) is 2.27. The molecule has 2 heterocycles. The number of piperidine rings is 1. The summed E-state index contributed by atoms with van der Waals surface area (Å²) in [5.74, 6) is 1.16. The van der Waals surface area contributed by atoms with Gasteiger partial charge in [-0.3, -0.25) is 10.1 Å². The van der Waals surface area contributed by atoms with Crippen LogP contribution in [0.3, 0.4) is 0 Å². The third-order valence-electron chi connectivity index (χ3n) is 3.13. The van der Waals surface area contributed by atoms with Crippen LogP contribution in [0.5, 0.6) is 0 Å². The molecule has 18 heavy (non-hydrogen) atoms. The van der Waals surface area contributed by atoms with Crippen LogP contribution in [0.1, 0.15) is 12.8 Å². The number of nitrogens with one attached hydrogen (secondary N) is 2. The van der Waals surface area contributed by atoms with E-state index < -0.39 is 4.92 Å². The maximum atomic E-state index is 10.6. The van der Waals surface area contributed by atoms with E-state index in [1.807, 2.05) is 0 Å². The molecular formula is C11H17N5O2. The average molecular weight is 251 g/mol. The number of aromatic nitrogens is 1. The molecule has 1 saturated heterocycles. The summed E-state index contributed by atoms with van der Waals surface area (Å²) in [4.78, 5) is 14.1. The Labute approximate surface area is 105 Å². The first-order chi connectivity index (χ1) is 8.66. The van der Waals surface area contributed by atoms with Crippen LogP contribution in [-0.4, -0.2) is 29.5 Å². The van der Waals surface area contributed by atoms with Gasteiger partial charge >= 0.3 is 5.69 Å². The van der Waals surface area contributed by atoms with Gasteiger partial charge in [0.15, 0.2) is 0 Å². The van der Waals surface area contributed by atoms with Crippen LogP contribution in [0.2, 0.25) is 0 Å². The number of rotatable bonds is 4. The molecule has 1 aromatic rings. The van der Waals surface area contributed by atoms with Crippen molar-refractivity contribution in [1.29, 1.82) is 0 Å². The molecule has 1 fully saturated rings. The van der Waals surface area contributed by atoms with E-state index in [0.717, 1.165) is 32.5 Å². The minimum atomic E-state index is -0.529. The maximum Gasteiger partial charge on any atom is 0.311 e. The highest BCUT2D eigenvalue weighted by atomic mass is 16.6. The van der Waals surface area contributed by atoms with E-state index in [0.29, 0.717) is 11.7 Å². The first-order valence-electron chi connectivity index (χ1n) is 6.02. The average Bonchev–Trinajstić information content (AvgIpc) is 2.37. The molecule has 0 atom stereocenters. The molecule has 0 amide bonds. The molecular weight excluding hydrogens is 234 g/mol. The lowest BCUT2D eigenvalue weighted by Gasteiger charge is -2.22. The van der Waals surface area contributed by atoms with Gasteiger partial charge in [0.2, 0.25) is 5.82 Å². The molecule has 0 unspecified atom stereocenters. The summed E-state index contributed by atoms with van der Waals surface area (Å²) in [5, 5.41) is 17.1. The quantitative estimate of drug-likeness (QED) is 0.544. The van der Waals surface area contributed by atoms with E-state index in [-0.39, 0.29) is 11.5 Å². The molecule has 98 valence electrons. The number of anilines is 2. The Kier molecular flexibility index (Phi) is 3.93. The smallest absolute Gasteiger partial charge is 0.311 e. The summed E-state index contributed by atoms with van der Waals surface area (Å²) in [6, 6.07) is 2.97. The molecule has 7 heteroatoms. The molecule has 1 aliphatic rings. The number of hydrogen-bond donors (Lipinski definition) is 3. The lowest BCUT2D eigenvalue weighted by atomic mass is 9.98. The molecule has 0 aromatic carbocycles. The molecule has 1 aromatic heterocycles. The first-order valence-corrected chi connectivity index (χ1v) is 6.02. The lowest BCUT2D eigenvalue weighted by Crippen LogP contribution is -2.31. The van der Waals surface area contributed by atoms with E-state index in [9.17, 15) is 10.1 Å². The van der Waals surface area contributed by atoms with Gasteiger partial charge in [-0.05, 0) is 37.9 Å². The Bertz CT molecular complexity index is 431. The highest BCUT2D eigenvalue weighted by molar-refractivity contribution is 5.57. The van der Waals surface area contributed by atoms with Crippen molar-refractivity contribution >= 4 is 17.3 Å². The Morgan fingerprint density at radius 2 is 2.22 bits per heavy atom. The molecule has 0 spiro atoms. The minimum absolute atomic E-state index is 0.0460. The number of nitro groups is 1. The van der Waals surface area contributed by atoms with Gasteiger partial charge in [-0.1, -0.05) is 0 Å². The third-order valence-corrected chi connectivity index (χ3v) is 3.13.